The second-order valence-electron chi connectivity index (χ2n) is 11.2. The molecule has 0 aliphatic heterocycles. The summed E-state index contributed by atoms with van der Waals surface area (Å²) in [6.45, 7) is 0.283. The summed E-state index contributed by atoms with van der Waals surface area (Å²) in [4.78, 5) is 42.8. The molecular formula is C29H33N4O7+. The number of nitrogens with two attached hydrogens (primary N) is 1. The molecule has 3 aliphatic rings. The summed E-state index contributed by atoms with van der Waals surface area (Å²) >= 11 is 0. The summed E-state index contributed by atoms with van der Waals surface area (Å²) in [7, 11) is 6.82. The molecule has 11 heteroatoms. The van der Waals surface area contributed by atoms with Crippen LogP contribution < -0.4 is 15.2 Å². The predicted molar refractivity (Wildman–Crippen MR) is 144 cm³/mol. The zero-order valence-electron chi connectivity index (χ0n) is 22.8. The number of primary amides is 1. The van der Waals surface area contributed by atoms with E-state index in [-0.39, 0.29) is 36.3 Å². The van der Waals surface area contributed by atoms with E-state index in [1.807, 2.05) is 60.2 Å². The molecule has 1 heterocycles. The Morgan fingerprint density at radius 2 is 1.75 bits per heavy atom. The molecule has 1 aromatic carbocycles. The SMILES string of the molecule is CN(C)c1cc(C[n+]2ccccc2)c(O)c2c1C[C@H]1C[C@H]3C(N(C)C)C(=O)C(C(N)=O)=C(O)[C@@]3(O)C(=O)C1=C2O. The molecule has 0 bridgehead atoms. The van der Waals surface area contributed by atoms with Crippen molar-refractivity contribution in [3.63, 3.8) is 0 Å². The highest BCUT2D eigenvalue weighted by Gasteiger charge is 2.64. The van der Waals surface area contributed by atoms with Gasteiger partial charge in [0.15, 0.2) is 30.3 Å². The first kappa shape index (κ1) is 27.4. The van der Waals surface area contributed by atoms with Crippen molar-refractivity contribution < 1.29 is 39.4 Å². The van der Waals surface area contributed by atoms with E-state index in [2.05, 4.69) is 0 Å². The monoisotopic (exact) mass is 549 g/mol. The van der Waals surface area contributed by atoms with Gasteiger partial charge >= 0.3 is 0 Å². The van der Waals surface area contributed by atoms with Gasteiger partial charge < -0.3 is 31.1 Å². The lowest BCUT2D eigenvalue weighted by atomic mass is 9.57. The number of aliphatic hydroxyl groups excluding tert-OH is 2. The van der Waals surface area contributed by atoms with Crippen LogP contribution in [0.4, 0.5) is 5.69 Å². The molecule has 0 saturated heterocycles. The molecule has 2 aromatic rings. The van der Waals surface area contributed by atoms with Crippen molar-refractivity contribution in [3.05, 3.63) is 70.3 Å². The normalized spacial score (nSPS) is 26.0. The summed E-state index contributed by atoms with van der Waals surface area (Å²) in [5.74, 6) is -6.62. The van der Waals surface area contributed by atoms with E-state index in [4.69, 9.17) is 5.73 Å². The highest BCUT2D eigenvalue weighted by molar-refractivity contribution is 6.24. The average molecular weight is 550 g/mol. The van der Waals surface area contributed by atoms with Crippen molar-refractivity contribution in [2.24, 2.45) is 17.6 Å². The van der Waals surface area contributed by atoms with Gasteiger partial charge in [-0.3, -0.25) is 19.3 Å². The number of ketones is 2. The minimum absolute atomic E-state index is 0.0427. The quantitative estimate of drug-likeness (QED) is 0.261. The molecule has 1 aromatic heterocycles. The largest absolute Gasteiger partial charge is 0.508 e. The van der Waals surface area contributed by atoms with E-state index in [0.717, 1.165) is 5.69 Å². The second kappa shape index (κ2) is 9.46. The first-order chi connectivity index (χ1) is 18.8. The number of amides is 1. The molecule has 1 amide bonds. The van der Waals surface area contributed by atoms with Crippen molar-refractivity contribution in [1.29, 1.82) is 0 Å². The topological polar surface area (TPSA) is 169 Å². The van der Waals surface area contributed by atoms with Crippen molar-refractivity contribution >= 4 is 28.9 Å². The number of aromatic hydroxyl groups is 1. The Morgan fingerprint density at radius 3 is 2.33 bits per heavy atom. The van der Waals surface area contributed by atoms with E-state index in [1.54, 1.807) is 14.1 Å². The Bertz CT molecular complexity index is 1510. The van der Waals surface area contributed by atoms with Gasteiger partial charge in [-0.05, 0) is 44.5 Å². The Kier molecular flexibility index (Phi) is 6.47. The van der Waals surface area contributed by atoms with Gasteiger partial charge in [-0.15, -0.1) is 0 Å². The summed E-state index contributed by atoms with van der Waals surface area (Å²) < 4.78 is 1.85. The number of pyridine rings is 1. The molecule has 3 aliphatic carbocycles. The molecule has 1 fully saturated rings. The first-order valence-corrected chi connectivity index (χ1v) is 12.9. The van der Waals surface area contributed by atoms with E-state index < -0.39 is 58.0 Å². The van der Waals surface area contributed by atoms with E-state index in [9.17, 15) is 34.8 Å². The molecule has 0 spiro atoms. The minimum atomic E-state index is -2.66. The number of hydrogen-bond acceptors (Lipinski definition) is 9. The third kappa shape index (κ3) is 3.80. The van der Waals surface area contributed by atoms with Crippen molar-refractivity contribution in [1.82, 2.24) is 4.90 Å². The number of carbonyl (C=O) groups excluding carboxylic acids is 3. The molecule has 40 heavy (non-hydrogen) atoms. The van der Waals surface area contributed by atoms with Crippen LogP contribution in [0.5, 0.6) is 5.75 Å². The van der Waals surface area contributed by atoms with Crippen molar-refractivity contribution in [2.75, 3.05) is 33.1 Å². The fraction of sp³-hybridized carbons (Fsp3) is 0.379. The maximum atomic E-state index is 14.1. The van der Waals surface area contributed by atoms with Crippen LogP contribution in [0.25, 0.3) is 5.76 Å². The van der Waals surface area contributed by atoms with Gasteiger partial charge in [0.1, 0.15) is 22.8 Å². The van der Waals surface area contributed by atoms with Crippen LogP contribution in [0.2, 0.25) is 0 Å². The lowest BCUT2D eigenvalue weighted by Crippen LogP contribution is -2.65. The second-order valence-corrected chi connectivity index (χ2v) is 11.2. The summed E-state index contributed by atoms with van der Waals surface area (Å²) in [6.07, 6.45) is 3.94. The Labute approximate surface area is 231 Å². The van der Waals surface area contributed by atoms with E-state index in [0.29, 0.717) is 11.1 Å². The number of phenols is 1. The number of hydrogen-bond donors (Lipinski definition) is 5. The summed E-state index contributed by atoms with van der Waals surface area (Å²) in [5.41, 5.74) is 3.65. The van der Waals surface area contributed by atoms with Crippen molar-refractivity contribution in [3.8, 4) is 5.75 Å². The molecule has 11 nitrogen and oxygen atoms in total. The lowest BCUT2D eigenvalue weighted by molar-refractivity contribution is -0.688. The molecule has 4 atom stereocenters. The third-order valence-corrected chi connectivity index (χ3v) is 8.39. The predicted octanol–water partition coefficient (Wildman–Crippen LogP) is 0.366. The lowest BCUT2D eigenvalue weighted by Gasteiger charge is -2.50. The average Bonchev–Trinajstić information content (AvgIpc) is 2.87. The number of Topliss-reactive ketones (excluding diaryl/α,β-unsaturated/α-hetero) is 2. The molecule has 1 unspecified atom stereocenters. The number of aromatic nitrogens is 1. The van der Waals surface area contributed by atoms with E-state index >= 15 is 0 Å². The highest BCUT2D eigenvalue weighted by Crippen LogP contribution is 2.54. The van der Waals surface area contributed by atoms with Crippen LogP contribution in [0.1, 0.15) is 23.1 Å². The molecular weight excluding hydrogens is 516 g/mol. The van der Waals surface area contributed by atoms with Crippen molar-refractivity contribution in [2.45, 2.75) is 31.0 Å². The van der Waals surface area contributed by atoms with Gasteiger partial charge in [0.25, 0.3) is 5.91 Å². The number of likely N-dealkylation sites (N-methyl/N-ethyl adjacent to an activating group) is 1. The van der Waals surface area contributed by atoms with Gasteiger partial charge in [-0.25, -0.2) is 4.57 Å². The van der Waals surface area contributed by atoms with Crippen LogP contribution in [-0.4, -0.2) is 82.6 Å². The molecule has 210 valence electrons. The minimum Gasteiger partial charge on any atom is -0.508 e. The van der Waals surface area contributed by atoms with Gasteiger partial charge in [0, 0.05) is 43.4 Å². The summed E-state index contributed by atoms with van der Waals surface area (Å²) in [6, 6.07) is 6.28. The Morgan fingerprint density at radius 1 is 1.10 bits per heavy atom. The maximum absolute atomic E-state index is 14.1. The molecule has 5 rings (SSSR count). The molecule has 1 saturated carbocycles. The van der Waals surface area contributed by atoms with Crippen LogP contribution in [0, 0.1) is 11.8 Å². The van der Waals surface area contributed by atoms with Crippen LogP contribution in [0.15, 0.2) is 53.6 Å². The highest BCUT2D eigenvalue weighted by atomic mass is 16.3. The van der Waals surface area contributed by atoms with Gasteiger partial charge in [-0.2, -0.15) is 0 Å². The Hall–Kier alpha value is -4.22. The number of phenolic OH excluding ortho intramolecular Hbond substituents is 1. The van der Waals surface area contributed by atoms with Crippen LogP contribution >= 0.6 is 0 Å². The fourth-order valence-electron chi connectivity index (χ4n) is 6.60. The fourth-order valence-corrected chi connectivity index (χ4v) is 6.60. The number of fused-ring (bicyclic) bond motifs is 3. The number of carbonyl (C=O) groups is 3. The number of rotatable bonds is 5. The van der Waals surface area contributed by atoms with Crippen LogP contribution in [-0.2, 0) is 27.3 Å². The standard InChI is InChI=1S/C29H32N4O7/c1-31(2)18-12-15(13-33-8-6-5-7-9-33)23(34)20-16(18)10-14-11-17-22(32(3)4)25(36)21(28(30)39)27(38)29(17,40)26(37)19(14)24(20)35/h5-9,12,14,17,22,40H,10-11,13H2,1-4H3,(H4-,30,34,35,36,37,38,39)/p+1/t14-,17-,22?,29-/m0/s1. The smallest absolute Gasteiger partial charge is 0.255 e. The number of anilines is 1. The maximum Gasteiger partial charge on any atom is 0.255 e. The Balaban J connectivity index is 1.73. The van der Waals surface area contributed by atoms with Gasteiger partial charge in [0.05, 0.1) is 17.2 Å². The number of aliphatic hydroxyl groups is 3. The van der Waals surface area contributed by atoms with Crippen LogP contribution in [0.3, 0.4) is 0 Å². The zero-order chi connectivity index (χ0) is 29.3. The summed E-state index contributed by atoms with van der Waals surface area (Å²) in [5, 5.41) is 45.8. The zero-order valence-corrected chi connectivity index (χ0v) is 22.8. The first-order valence-electron chi connectivity index (χ1n) is 12.9. The molecule has 6 N–H and O–H groups in total. The van der Waals surface area contributed by atoms with Gasteiger partial charge in [0.2, 0.25) is 5.78 Å². The number of benzene rings is 1. The van der Waals surface area contributed by atoms with E-state index in [1.165, 1.54) is 4.90 Å². The van der Waals surface area contributed by atoms with Gasteiger partial charge in [-0.1, -0.05) is 6.07 Å². The third-order valence-electron chi connectivity index (χ3n) is 8.39. The number of nitrogens with zero attached hydrogens (tertiary/aromatic N) is 3. The molecule has 0 radical (unpaired) electrons.